The molecule has 0 aromatic carbocycles. The maximum Gasteiger partial charge on any atom is 0.325 e. The summed E-state index contributed by atoms with van der Waals surface area (Å²) in [6.45, 7) is 4.28. The Morgan fingerprint density at radius 1 is 1.32 bits per heavy atom. The van der Waals surface area contributed by atoms with Crippen LogP contribution in [0.15, 0.2) is 0 Å². The normalized spacial score (nSPS) is 36.3. The lowest BCUT2D eigenvalue weighted by molar-refractivity contribution is -0.133. The van der Waals surface area contributed by atoms with Crippen molar-refractivity contribution in [1.82, 2.24) is 10.2 Å². The van der Waals surface area contributed by atoms with Gasteiger partial charge >= 0.3 is 6.03 Å². The van der Waals surface area contributed by atoms with E-state index in [2.05, 4.69) is 5.32 Å². The molecule has 5 nitrogen and oxygen atoms in total. The Morgan fingerprint density at radius 3 is 2.58 bits per heavy atom. The molecular weight excluding hydrogens is 242 g/mol. The van der Waals surface area contributed by atoms with E-state index in [1.807, 2.05) is 6.92 Å². The fourth-order valence-electron chi connectivity index (χ4n) is 3.23. The number of nitrogens with zero attached hydrogens (tertiary/aromatic N) is 1. The Labute approximate surface area is 114 Å². The molecule has 0 bridgehead atoms. The van der Waals surface area contributed by atoms with Gasteiger partial charge in [-0.3, -0.25) is 9.69 Å². The topological polar surface area (TPSA) is 75.4 Å². The summed E-state index contributed by atoms with van der Waals surface area (Å²) < 4.78 is 0. The molecule has 1 heterocycles. The molecule has 0 aromatic heterocycles. The van der Waals surface area contributed by atoms with E-state index >= 15 is 0 Å². The van der Waals surface area contributed by atoms with Crippen molar-refractivity contribution in [2.24, 2.45) is 11.7 Å². The maximum absolute atomic E-state index is 12.5. The van der Waals surface area contributed by atoms with Gasteiger partial charge in [0, 0.05) is 6.04 Å². The van der Waals surface area contributed by atoms with Gasteiger partial charge in [-0.15, -0.1) is 0 Å². The first kappa shape index (κ1) is 14.3. The highest BCUT2D eigenvalue weighted by molar-refractivity contribution is 6.07. The van der Waals surface area contributed by atoms with Gasteiger partial charge in [-0.25, -0.2) is 4.79 Å². The third-order valence-corrected chi connectivity index (χ3v) is 4.75. The molecule has 1 saturated carbocycles. The van der Waals surface area contributed by atoms with Gasteiger partial charge in [-0.1, -0.05) is 26.2 Å². The fourth-order valence-corrected chi connectivity index (χ4v) is 3.23. The third-order valence-electron chi connectivity index (χ3n) is 4.75. The van der Waals surface area contributed by atoms with Crippen molar-refractivity contribution < 1.29 is 9.59 Å². The van der Waals surface area contributed by atoms with Crippen LogP contribution in [0.1, 0.15) is 52.4 Å². The number of carbonyl (C=O) groups is 2. The number of carbonyl (C=O) groups excluding carboxylic acids is 2. The van der Waals surface area contributed by atoms with Crippen LogP contribution in [-0.2, 0) is 4.79 Å². The molecule has 1 aliphatic heterocycles. The number of amides is 3. The zero-order chi connectivity index (χ0) is 14.0. The minimum Gasteiger partial charge on any atom is -0.330 e. The molecule has 3 N–H and O–H groups in total. The number of rotatable bonds is 3. The smallest absolute Gasteiger partial charge is 0.325 e. The van der Waals surface area contributed by atoms with E-state index in [0.717, 1.165) is 25.7 Å². The molecule has 2 rings (SSSR count). The average molecular weight is 267 g/mol. The number of nitrogens with one attached hydrogen (secondary N) is 1. The lowest BCUT2D eigenvalue weighted by Gasteiger charge is -2.31. The number of imide groups is 1. The highest BCUT2D eigenvalue weighted by Gasteiger charge is 2.50. The van der Waals surface area contributed by atoms with Crippen molar-refractivity contribution in [1.29, 1.82) is 0 Å². The van der Waals surface area contributed by atoms with Gasteiger partial charge in [0.2, 0.25) is 0 Å². The van der Waals surface area contributed by atoms with Gasteiger partial charge in [0.25, 0.3) is 5.91 Å². The molecule has 2 fully saturated rings. The summed E-state index contributed by atoms with van der Waals surface area (Å²) in [6.07, 6.45) is 5.91. The summed E-state index contributed by atoms with van der Waals surface area (Å²) in [5, 5.41) is 2.84. The summed E-state index contributed by atoms with van der Waals surface area (Å²) in [5.41, 5.74) is 5.12. The van der Waals surface area contributed by atoms with Gasteiger partial charge in [-0.05, 0) is 38.6 Å². The lowest BCUT2D eigenvalue weighted by Crippen LogP contribution is -2.48. The second-order valence-electron chi connectivity index (χ2n) is 5.99. The van der Waals surface area contributed by atoms with Gasteiger partial charge in [-0.2, -0.15) is 0 Å². The summed E-state index contributed by atoms with van der Waals surface area (Å²) in [5.74, 6) is 0.168. The van der Waals surface area contributed by atoms with E-state index < -0.39 is 5.54 Å². The van der Waals surface area contributed by atoms with Gasteiger partial charge in [0.05, 0.1) is 0 Å². The van der Waals surface area contributed by atoms with Gasteiger partial charge in [0.15, 0.2) is 0 Å². The summed E-state index contributed by atoms with van der Waals surface area (Å²) >= 11 is 0. The Morgan fingerprint density at radius 2 is 2.00 bits per heavy atom. The molecule has 0 spiro atoms. The monoisotopic (exact) mass is 267 g/mol. The van der Waals surface area contributed by atoms with Crippen LogP contribution in [0.4, 0.5) is 4.79 Å². The average Bonchev–Trinajstić information content (AvgIpc) is 2.59. The first-order valence-corrected chi connectivity index (χ1v) is 7.39. The Kier molecular flexibility index (Phi) is 4.13. The van der Waals surface area contributed by atoms with E-state index in [1.54, 1.807) is 6.92 Å². The van der Waals surface area contributed by atoms with Gasteiger partial charge < -0.3 is 11.1 Å². The third kappa shape index (κ3) is 2.48. The predicted molar refractivity (Wildman–Crippen MR) is 73.5 cm³/mol. The molecule has 3 unspecified atom stereocenters. The second kappa shape index (κ2) is 5.49. The SMILES string of the molecule is CCC1(C)NC(=O)N(C2CCCCCC2CN)C1=O. The van der Waals surface area contributed by atoms with E-state index in [1.165, 1.54) is 11.3 Å². The maximum atomic E-state index is 12.5. The lowest BCUT2D eigenvalue weighted by atomic mass is 9.92. The second-order valence-corrected chi connectivity index (χ2v) is 5.99. The fraction of sp³-hybridized carbons (Fsp3) is 0.857. The van der Waals surface area contributed by atoms with Crippen LogP contribution in [0.5, 0.6) is 0 Å². The number of hydrogen-bond donors (Lipinski definition) is 2. The molecule has 0 radical (unpaired) electrons. The molecule has 108 valence electrons. The largest absolute Gasteiger partial charge is 0.330 e. The van der Waals surface area contributed by atoms with E-state index in [-0.39, 0.29) is 23.9 Å². The zero-order valence-electron chi connectivity index (χ0n) is 11.9. The molecule has 3 amide bonds. The molecule has 1 aliphatic carbocycles. The highest BCUT2D eigenvalue weighted by Crippen LogP contribution is 2.32. The molecule has 1 saturated heterocycles. The van der Waals surface area contributed by atoms with Crippen LogP contribution in [0.2, 0.25) is 0 Å². The van der Waals surface area contributed by atoms with Crippen molar-refractivity contribution in [2.45, 2.75) is 64.0 Å². The predicted octanol–water partition coefficient (Wildman–Crippen LogP) is 1.61. The molecule has 2 aliphatic rings. The van der Waals surface area contributed by atoms with Crippen molar-refractivity contribution in [2.75, 3.05) is 6.54 Å². The molecule has 5 heteroatoms. The molecule has 3 atom stereocenters. The van der Waals surface area contributed by atoms with Crippen molar-refractivity contribution in [3.63, 3.8) is 0 Å². The molecule has 19 heavy (non-hydrogen) atoms. The Hall–Kier alpha value is -1.10. The van der Waals surface area contributed by atoms with Crippen molar-refractivity contribution >= 4 is 11.9 Å². The van der Waals surface area contributed by atoms with Crippen LogP contribution >= 0.6 is 0 Å². The molecular formula is C14H25N3O2. The summed E-state index contributed by atoms with van der Waals surface area (Å²) in [4.78, 5) is 26.2. The van der Waals surface area contributed by atoms with E-state index in [4.69, 9.17) is 5.73 Å². The van der Waals surface area contributed by atoms with Crippen LogP contribution in [-0.4, -0.2) is 35.0 Å². The standard InChI is InChI=1S/C14H25N3O2/c1-3-14(2)12(18)17(13(19)16-14)11-8-6-4-5-7-10(11)9-15/h10-11H,3-9,15H2,1-2H3,(H,16,19). The summed E-state index contributed by atoms with van der Waals surface area (Å²) in [6, 6.07) is -0.256. The zero-order valence-corrected chi connectivity index (χ0v) is 11.9. The van der Waals surface area contributed by atoms with Crippen LogP contribution < -0.4 is 11.1 Å². The Bertz CT molecular complexity index is 372. The minimum absolute atomic E-state index is 0.0200. The van der Waals surface area contributed by atoms with Crippen LogP contribution in [0.3, 0.4) is 0 Å². The quantitative estimate of drug-likeness (QED) is 0.602. The number of nitrogens with two attached hydrogens (primary N) is 1. The van der Waals surface area contributed by atoms with E-state index in [9.17, 15) is 9.59 Å². The highest BCUT2D eigenvalue weighted by atomic mass is 16.2. The van der Waals surface area contributed by atoms with Crippen LogP contribution in [0, 0.1) is 5.92 Å². The number of hydrogen-bond acceptors (Lipinski definition) is 3. The first-order valence-electron chi connectivity index (χ1n) is 7.39. The Balaban J connectivity index is 2.23. The molecule has 0 aromatic rings. The minimum atomic E-state index is -0.734. The van der Waals surface area contributed by atoms with Crippen molar-refractivity contribution in [3.8, 4) is 0 Å². The summed E-state index contributed by atoms with van der Waals surface area (Å²) in [7, 11) is 0. The first-order chi connectivity index (χ1) is 9.03. The van der Waals surface area contributed by atoms with Gasteiger partial charge in [0.1, 0.15) is 5.54 Å². The number of urea groups is 1. The van der Waals surface area contributed by atoms with E-state index in [0.29, 0.717) is 13.0 Å². The van der Waals surface area contributed by atoms with Crippen LogP contribution in [0.25, 0.3) is 0 Å². The van der Waals surface area contributed by atoms with Crippen molar-refractivity contribution in [3.05, 3.63) is 0 Å².